The molecule has 2 aromatic rings. The molecular weight excluding hydrogens is 392 g/mol. The predicted molar refractivity (Wildman–Crippen MR) is 103 cm³/mol. The number of carbonyl (C=O) groups excluding carboxylic acids is 2. The maximum absolute atomic E-state index is 12.9. The first-order chi connectivity index (χ1) is 12.6. The molecule has 27 heavy (non-hydrogen) atoms. The molecule has 144 valence electrons. The average Bonchev–Trinajstić information content (AvgIpc) is 2.63. The van der Waals surface area contributed by atoms with Gasteiger partial charge in [-0.3, -0.25) is 4.79 Å². The zero-order chi connectivity index (χ0) is 20.2. The summed E-state index contributed by atoms with van der Waals surface area (Å²) in [4.78, 5) is 24.6. The van der Waals surface area contributed by atoms with Crippen LogP contribution in [0.2, 0.25) is 5.02 Å². The second kappa shape index (κ2) is 8.51. The Morgan fingerprint density at radius 1 is 1.15 bits per heavy atom. The van der Waals surface area contributed by atoms with Gasteiger partial charge in [0.2, 0.25) is 15.9 Å². The Balaban J connectivity index is 2.41. The van der Waals surface area contributed by atoms with E-state index in [-0.39, 0.29) is 16.3 Å². The lowest BCUT2D eigenvalue weighted by Crippen LogP contribution is -2.38. The normalized spacial score (nSPS) is 12.5. The molecular formula is C18H19ClN2O5S. The summed E-state index contributed by atoms with van der Waals surface area (Å²) >= 11 is 6.11. The van der Waals surface area contributed by atoms with Crippen LogP contribution in [0.5, 0.6) is 0 Å². The molecule has 0 bridgehead atoms. The van der Waals surface area contributed by atoms with Crippen LogP contribution in [-0.4, -0.2) is 45.0 Å². The van der Waals surface area contributed by atoms with Crippen LogP contribution in [-0.2, 0) is 19.6 Å². The first-order valence-corrected chi connectivity index (χ1v) is 10.0. The van der Waals surface area contributed by atoms with Crippen molar-refractivity contribution in [1.29, 1.82) is 0 Å². The van der Waals surface area contributed by atoms with Crippen molar-refractivity contribution < 1.29 is 22.7 Å². The highest BCUT2D eigenvalue weighted by Crippen LogP contribution is 2.27. The van der Waals surface area contributed by atoms with Crippen molar-refractivity contribution in [2.45, 2.75) is 6.04 Å². The SMILES string of the molecule is COC(=O)c1ccc(Cl)c(NC(=O)C(c2ccccc2)N(C)S(C)(=O)=O)c1. The molecule has 0 heterocycles. The molecule has 2 aromatic carbocycles. The van der Waals surface area contributed by atoms with Crippen LogP contribution in [0.1, 0.15) is 22.0 Å². The molecule has 9 heteroatoms. The van der Waals surface area contributed by atoms with Crippen LogP contribution in [0.3, 0.4) is 0 Å². The van der Waals surface area contributed by atoms with E-state index in [0.717, 1.165) is 10.6 Å². The van der Waals surface area contributed by atoms with Gasteiger partial charge in [0.15, 0.2) is 0 Å². The van der Waals surface area contributed by atoms with Gasteiger partial charge in [0.1, 0.15) is 6.04 Å². The zero-order valence-electron chi connectivity index (χ0n) is 15.0. The molecule has 0 fully saturated rings. The van der Waals surface area contributed by atoms with Crippen molar-refractivity contribution in [3.05, 3.63) is 64.7 Å². The molecule has 1 unspecified atom stereocenters. The minimum Gasteiger partial charge on any atom is -0.465 e. The first kappa shape index (κ1) is 20.9. The molecule has 0 spiro atoms. The first-order valence-electron chi connectivity index (χ1n) is 7.82. The number of hydrogen-bond donors (Lipinski definition) is 1. The summed E-state index contributed by atoms with van der Waals surface area (Å²) in [5.41, 5.74) is 0.862. The lowest BCUT2D eigenvalue weighted by atomic mass is 10.1. The van der Waals surface area contributed by atoms with Gasteiger partial charge in [-0.2, -0.15) is 4.31 Å². The maximum atomic E-state index is 12.9. The van der Waals surface area contributed by atoms with Crippen LogP contribution in [0.25, 0.3) is 0 Å². The van der Waals surface area contributed by atoms with Crippen molar-refractivity contribution in [2.75, 3.05) is 25.7 Å². The van der Waals surface area contributed by atoms with Crippen molar-refractivity contribution in [3.8, 4) is 0 Å². The van der Waals surface area contributed by atoms with Crippen LogP contribution >= 0.6 is 11.6 Å². The number of methoxy groups -OCH3 is 1. The number of anilines is 1. The molecule has 1 amide bonds. The molecule has 7 nitrogen and oxygen atoms in total. The van der Waals surface area contributed by atoms with E-state index >= 15 is 0 Å². The molecule has 2 rings (SSSR count). The summed E-state index contributed by atoms with van der Waals surface area (Å²) in [6.45, 7) is 0. The van der Waals surface area contributed by atoms with Gasteiger partial charge in [0.05, 0.1) is 29.6 Å². The number of carbonyl (C=O) groups is 2. The number of amides is 1. The second-order valence-corrected chi connectivity index (χ2v) is 8.22. The van der Waals surface area contributed by atoms with E-state index < -0.39 is 27.9 Å². The Bertz CT molecular complexity index is 947. The molecule has 0 radical (unpaired) electrons. The predicted octanol–water partition coefficient (Wildman–Crippen LogP) is 2.70. The third kappa shape index (κ3) is 5.06. The van der Waals surface area contributed by atoms with Gasteiger partial charge in [-0.25, -0.2) is 13.2 Å². The number of esters is 1. The number of likely N-dealkylation sites (N-methyl/N-ethyl adjacent to an activating group) is 1. The summed E-state index contributed by atoms with van der Waals surface area (Å²) in [5.74, 6) is -1.20. The smallest absolute Gasteiger partial charge is 0.337 e. The molecule has 0 aliphatic rings. The lowest BCUT2D eigenvalue weighted by molar-refractivity contribution is -0.119. The number of sulfonamides is 1. The summed E-state index contributed by atoms with van der Waals surface area (Å²) in [6.07, 6.45) is 1.01. The molecule has 0 saturated heterocycles. The minimum absolute atomic E-state index is 0.174. The standard InChI is InChI=1S/C18H19ClN2O5S/c1-21(27(3,24)25)16(12-7-5-4-6-8-12)17(22)20-15-11-13(18(23)26-2)9-10-14(15)19/h4-11,16H,1-3H3,(H,20,22). The highest BCUT2D eigenvalue weighted by molar-refractivity contribution is 7.88. The minimum atomic E-state index is -3.66. The van der Waals surface area contributed by atoms with E-state index in [2.05, 4.69) is 10.1 Å². The monoisotopic (exact) mass is 410 g/mol. The average molecular weight is 411 g/mol. The van der Waals surface area contributed by atoms with Crippen molar-refractivity contribution in [2.24, 2.45) is 0 Å². The van der Waals surface area contributed by atoms with Crippen molar-refractivity contribution in [1.82, 2.24) is 4.31 Å². The topological polar surface area (TPSA) is 92.8 Å². The van der Waals surface area contributed by atoms with Gasteiger partial charge in [0.25, 0.3) is 0 Å². The summed E-state index contributed by atoms with van der Waals surface area (Å²) in [6, 6.07) is 11.6. The number of hydrogen-bond acceptors (Lipinski definition) is 5. The summed E-state index contributed by atoms with van der Waals surface area (Å²) in [5, 5.41) is 2.80. The van der Waals surface area contributed by atoms with E-state index in [0.29, 0.717) is 5.56 Å². The van der Waals surface area contributed by atoms with E-state index in [1.54, 1.807) is 30.3 Å². The van der Waals surface area contributed by atoms with Crippen molar-refractivity contribution >= 4 is 39.2 Å². The Morgan fingerprint density at radius 2 is 1.78 bits per heavy atom. The Hall–Kier alpha value is -2.42. The number of benzene rings is 2. The zero-order valence-corrected chi connectivity index (χ0v) is 16.5. The van der Waals surface area contributed by atoms with Crippen LogP contribution < -0.4 is 5.32 Å². The van der Waals surface area contributed by atoms with E-state index in [1.807, 2.05) is 0 Å². The Labute approximate surface area is 162 Å². The molecule has 1 N–H and O–H groups in total. The third-order valence-electron chi connectivity index (χ3n) is 3.90. The van der Waals surface area contributed by atoms with E-state index in [9.17, 15) is 18.0 Å². The van der Waals surface area contributed by atoms with Gasteiger partial charge in [-0.05, 0) is 23.8 Å². The number of nitrogens with zero attached hydrogens (tertiary/aromatic N) is 1. The van der Waals surface area contributed by atoms with Gasteiger partial charge >= 0.3 is 5.97 Å². The molecule has 0 aliphatic carbocycles. The van der Waals surface area contributed by atoms with Gasteiger partial charge < -0.3 is 10.1 Å². The number of nitrogens with one attached hydrogen (secondary N) is 1. The van der Waals surface area contributed by atoms with E-state index in [4.69, 9.17) is 11.6 Å². The fourth-order valence-corrected chi connectivity index (χ4v) is 3.19. The van der Waals surface area contributed by atoms with Gasteiger partial charge in [0, 0.05) is 7.05 Å². The molecule has 1 atom stereocenters. The number of halogens is 1. The molecule has 0 aromatic heterocycles. The highest BCUT2D eigenvalue weighted by Gasteiger charge is 2.31. The number of rotatable bonds is 6. The quantitative estimate of drug-likeness (QED) is 0.739. The van der Waals surface area contributed by atoms with Crippen LogP contribution in [0.4, 0.5) is 5.69 Å². The fraction of sp³-hybridized carbons (Fsp3) is 0.222. The summed E-state index contributed by atoms with van der Waals surface area (Å²) < 4.78 is 29.6. The summed E-state index contributed by atoms with van der Waals surface area (Å²) in [7, 11) is -1.10. The van der Waals surface area contributed by atoms with Gasteiger partial charge in [-0.15, -0.1) is 0 Å². The van der Waals surface area contributed by atoms with Gasteiger partial charge in [-0.1, -0.05) is 41.9 Å². The molecule has 0 saturated carbocycles. The second-order valence-electron chi connectivity index (χ2n) is 5.77. The largest absolute Gasteiger partial charge is 0.465 e. The number of ether oxygens (including phenoxy) is 1. The van der Waals surface area contributed by atoms with Crippen LogP contribution in [0.15, 0.2) is 48.5 Å². The van der Waals surface area contributed by atoms with Crippen molar-refractivity contribution in [3.63, 3.8) is 0 Å². The third-order valence-corrected chi connectivity index (χ3v) is 5.48. The lowest BCUT2D eigenvalue weighted by Gasteiger charge is -2.26. The maximum Gasteiger partial charge on any atom is 0.337 e. The Morgan fingerprint density at radius 3 is 2.33 bits per heavy atom. The molecule has 0 aliphatic heterocycles. The van der Waals surface area contributed by atoms with E-state index in [1.165, 1.54) is 32.4 Å². The Kier molecular flexibility index (Phi) is 6.59. The fourth-order valence-electron chi connectivity index (χ4n) is 2.42. The highest BCUT2D eigenvalue weighted by atomic mass is 35.5. The van der Waals surface area contributed by atoms with Crippen LogP contribution in [0, 0.1) is 0 Å².